The number of hydrogen-bond acceptors (Lipinski definition) is 4. The number of hydrogen-bond donors (Lipinski definition) is 2. The number of aromatic nitrogens is 3. The van der Waals surface area contributed by atoms with Crippen molar-refractivity contribution in [2.75, 3.05) is 5.73 Å². The Labute approximate surface area is 113 Å². The minimum atomic E-state index is 0.613. The van der Waals surface area contributed by atoms with Gasteiger partial charge in [0.2, 0.25) is 0 Å². The van der Waals surface area contributed by atoms with E-state index in [2.05, 4.69) is 15.0 Å². The van der Waals surface area contributed by atoms with E-state index in [0.29, 0.717) is 10.7 Å². The molecule has 0 aliphatic rings. The average molecular weight is 277 g/mol. The number of halogens is 1. The number of benzene rings is 1. The first kappa shape index (κ1) is 11.4. The first-order valence-corrected chi connectivity index (χ1v) is 6.45. The summed E-state index contributed by atoms with van der Waals surface area (Å²) >= 11 is 7.45. The van der Waals surface area contributed by atoms with Crippen LogP contribution in [0.15, 0.2) is 46.7 Å². The summed E-state index contributed by atoms with van der Waals surface area (Å²) in [5.41, 5.74) is 8.21. The molecule has 0 aliphatic heterocycles. The summed E-state index contributed by atoms with van der Waals surface area (Å²) in [6.45, 7) is 0. The smallest absolute Gasteiger partial charge is 0.172 e. The zero-order chi connectivity index (χ0) is 12.5. The summed E-state index contributed by atoms with van der Waals surface area (Å²) in [4.78, 5) is 11.8. The molecule has 18 heavy (non-hydrogen) atoms. The highest BCUT2D eigenvalue weighted by Gasteiger charge is 2.08. The number of aromatic amines is 1. The van der Waals surface area contributed by atoms with Crippen molar-refractivity contribution >= 4 is 40.1 Å². The molecule has 0 saturated heterocycles. The second-order valence-corrected chi connectivity index (χ2v) is 5.10. The topological polar surface area (TPSA) is 67.6 Å². The molecule has 90 valence electrons. The molecule has 2 aromatic heterocycles. The summed E-state index contributed by atoms with van der Waals surface area (Å²) in [5.74, 6) is 0. The van der Waals surface area contributed by atoms with Crippen LogP contribution in [0.2, 0.25) is 5.02 Å². The highest BCUT2D eigenvalue weighted by atomic mass is 35.5. The van der Waals surface area contributed by atoms with Gasteiger partial charge < -0.3 is 10.7 Å². The molecule has 0 aliphatic carbocycles. The predicted octanol–water partition coefficient (Wildman–Crippen LogP) is 3.34. The van der Waals surface area contributed by atoms with E-state index in [0.717, 1.165) is 21.2 Å². The third-order valence-corrected chi connectivity index (χ3v) is 3.72. The van der Waals surface area contributed by atoms with Crippen LogP contribution in [-0.2, 0) is 0 Å². The van der Waals surface area contributed by atoms with E-state index in [1.165, 1.54) is 11.8 Å². The Morgan fingerprint density at radius 1 is 1.28 bits per heavy atom. The Kier molecular flexibility index (Phi) is 2.85. The van der Waals surface area contributed by atoms with E-state index in [1.54, 1.807) is 18.3 Å². The molecule has 0 atom stereocenters. The largest absolute Gasteiger partial charge is 0.399 e. The van der Waals surface area contributed by atoms with E-state index in [9.17, 15) is 0 Å². The Balaban J connectivity index is 1.98. The molecule has 0 unspecified atom stereocenters. The van der Waals surface area contributed by atoms with Crippen molar-refractivity contribution in [1.29, 1.82) is 0 Å². The van der Waals surface area contributed by atoms with Crippen LogP contribution in [0, 0.1) is 0 Å². The molecule has 0 amide bonds. The number of H-pyrrole nitrogens is 1. The number of nitrogens with two attached hydrogens (primary N) is 1. The number of fused-ring (bicyclic) bond motifs is 1. The summed E-state index contributed by atoms with van der Waals surface area (Å²) in [6, 6.07) is 9.16. The molecule has 2 heterocycles. The Morgan fingerprint density at radius 2 is 2.17 bits per heavy atom. The summed E-state index contributed by atoms with van der Waals surface area (Å²) in [6.07, 6.45) is 1.70. The molecule has 0 spiro atoms. The van der Waals surface area contributed by atoms with Crippen molar-refractivity contribution in [2.24, 2.45) is 0 Å². The van der Waals surface area contributed by atoms with Crippen molar-refractivity contribution in [3.63, 3.8) is 0 Å². The lowest BCUT2D eigenvalue weighted by atomic mass is 10.3. The first-order chi connectivity index (χ1) is 8.72. The van der Waals surface area contributed by atoms with Crippen LogP contribution in [0.5, 0.6) is 0 Å². The Bertz CT molecular complexity index is 710. The van der Waals surface area contributed by atoms with Gasteiger partial charge in [0.05, 0.1) is 16.1 Å². The summed E-state index contributed by atoms with van der Waals surface area (Å²) in [7, 11) is 0. The second kappa shape index (κ2) is 4.51. The normalized spacial score (nSPS) is 10.9. The quantitative estimate of drug-likeness (QED) is 0.705. The number of nitrogens with zero attached hydrogens (tertiary/aromatic N) is 2. The lowest BCUT2D eigenvalue weighted by Crippen LogP contribution is -1.82. The fourth-order valence-corrected chi connectivity index (χ4v) is 2.59. The molecule has 1 aromatic carbocycles. The molecular weight excluding hydrogens is 268 g/mol. The maximum atomic E-state index is 6.05. The number of nitrogens with one attached hydrogen (secondary N) is 1. The van der Waals surface area contributed by atoms with Crippen molar-refractivity contribution in [1.82, 2.24) is 15.0 Å². The van der Waals surface area contributed by atoms with Gasteiger partial charge in [-0.15, -0.1) is 0 Å². The van der Waals surface area contributed by atoms with Crippen molar-refractivity contribution < 1.29 is 0 Å². The Hall–Kier alpha value is -1.72. The average Bonchev–Trinajstić information content (AvgIpc) is 2.73. The highest BCUT2D eigenvalue weighted by molar-refractivity contribution is 7.99. The summed E-state index contributed by atoms with van der Waals surface area (Å²) < 4.78 is 0. The zero-order valence-electron chi connectivity index (χ0n) is 9.22. The van der Waals surface area contributed by atoms with Gasteiger partial charge in [-0.2, -0.15) is 0 Å². The first-order valence-electron chi connectivity index (χ1n) is 5.26. The molecule has 0 saturated carbocycles. The van der Waals surface area contributed by atoms with Crippen molar-refractivity contribution in [3.05, 3.63) is 41.6 Å². The van der Waals surface area contributed by atoms with E-state index in [4.69, 9.17) is 17.3 Å². The van der Waals surface area contributed by atoms with Gasteiger partial charge in [0.25, 0.3) is 0 Å². The highest BCUT2D eigenvalue weighted by Crippen LogP contribution is 2.30. The van der Waals surface area contributed by atoms with Gasteiger partial charge in [-0.05, 0) is 42.1 Å². The van der Waals surface area contributed by atoms with Crippen LogP contribution in [0.4, 0.5) is 5.69 Å². The number of anilines is 1. The van der Waals surface area contributed by atoms with Gasteiger partial charge in [-0.1, -0.05) is 11.6 Å². The van der Waals surface area contributed by atoms with E-state index in [1.807, 2.05) is 18.2 Å². The van der Waals surface area contributed by atoms with Crippen LogP contribution in [0.1, 0.15) is 0 Å². The fraction of sp³-hybridized carbons (Fsp3) is 0. The van der Waals surface area contributed by atoms with Crippen molar-refractivity contribution in [3.8, 4) is 0 Å². The predicted molar refractivity (Wildman–Crippen MR) is 73.9 cm³/mol. The molecular formula is C12H9ClN4S. The number of rotatable bonds is 2. The number of imidazole rings is 1. The minimum Gasteiger partial charge on any atom is -0.399 e. The van der Waals surface area contributed by atoms with E-state index in [-0.39, 0.29) is 0 Å². The molecule has 3 aromatic rings. The standard InChI is InChI=1S/C12H9ClN4S/c13-8-2-1-5-15-11(8)18-12-16-9-4-3-7(14)6-10(9)17-12/h1-6H,14H2,(H,16,17). The van der Waals surface area contributed by atoms with E-state index < -0.39 is 0 Å². The maximum absolute atomic E-state index is 6.05. The molecule has 4 nitrogen and oxygen atoms in total. The van der Waals surface area contributed by atoms with Gasteiger partial charge in [-0.3, -0.25) is 0 Å². The van der Waals surface area contributed by atoms with Gasteiger partial charge in [0.1, 0.15) is 5.03 Å². The van der Waals surface area contributed by atoms with Crippen molar-refractivity contribution in [2.45, 2.75) is 10.2 Å². The fourth-order valence-electron chi connectivity index (χ4n) is 1.59. The van der Waals surface area contributed by atoms with Crippen LogP contribution in [-0.4, -0.2) is 15.0 Å². The summed E-state index contributed by atoms with van der Waals surface area (Å²) in [5, 5.41) is 2.09. The van der Waals surface area contributed by atoms with Gasteiger partial charge >= 0.3 is 0 Å². The molecule has 3 rings (SSSR count). The molecule has 0 radical (unpaired) electrons. The third-order valence-electron chi connectivity index (χ3n) is 2.40. The van der Waals surface area contributed by atoms with Gasteiger partial charge in [0, 0.05) is 11.9 Å². The maximum Gasteiger partial charge on any atom is 0.172 e. The monoisotopic (exact) mass is 276 g/mol. The lowest BCUT2D eigenvalue weighted by molar-refractivity contribution is 1.06. The molecule has 3 N–H and O–H groups in total. The Morgan fingerprint density at radius 3 is 3.00 bits per heavy atom. The number of nitrogen functional groups attached to an aromatic ring is 1. The van der Waals surface area contributed by atoms with Crippen LogP contribution >= 0.6 is 23.4 Å². The van der Waals surface area contributed by atoms with Crippen LogP contribution in [0.3, 0.4) is 0 Å². The SMILES string of the molecule is Nc1ccc2nc(Sc3ncccc3Cl)[nH]c2c1. The zero-order valence-corrected chi connectivity index (χ0v) is 10.8. The van der Waals surface area contributed by atoms with E-state index >= 15 is 0 Å². The third kappa shape index (κ3) is 2.14. The van der Waals surface area contributed by atoms with Crippen LogP contribution < -0.4 is 5.73 Å². The second-order valence-electron chi connectivity index (χ2n) is 3.71. The molecule has 0 bridgehead atoms. The van der Waals surface area contributed by atoms with Gasteiger partial charge in [-0.25, -0.2) is 9.97 Å². The van der Waals surface area contributed by atoms with Gasteiger partial charge in [0.15, 0.2) is 5.16 Å². The molecule has 0 fully saturated rings. The molecule has 6 heteroatoms. The van der Waals surface area contributed by atoms with Crippen LogP contribution in [0.25, 0.3) is 11.0 Å². The number of pyridine rings is 1. The minimum absolute atomic E-state index is 0.613. The lowest BCUT2D eigenvalue weighted by Gasteiger charge is -1.98.